The van der Waals surface area contributed by atoms with Crippen LogP contribution in [-0.4, -0.2) is 24.1 Å². The number of methoxy groups -OCH3 is 1. The van der Waals surface area contributed by atoms with Crippen molar-refractivity contribution in [2.45, 2.75) is 13.0 Å². The van der Waals surface area contributed by atoms with E-state index < -0.39 is 0 Å². The number of H-pyrrole nitrogens is 1. The molecule has 0 unspecified atom stereocenters. The minimum absolute atomic E-state index is 0.127. The van der Waals surface area contributed by atoms with Gasteiger partial charge in [0.2, 0.25) is 0 Å². The molecule has 0 aliphatic heterocycles. The van der Waals surface area contributed by atoms with E-state index in [-0.39, 0.29) is 5.56 Å². The van der Waals surface area contributed by atoms with Crippen molar-refractivity contribution >= 4 is 0 Å². The molecule has 5 nitrogen and oxygen atoms in total. The Balaban J connectivity index is 2.24. The normalized spacial score (nSPS) is 10.4. The van der Waals surface area contributed by atoms with Gasteiger partial charge in [0.1, 0.15) is 11.6 Å². The fourth-order valence-electron chi connectivity index (χ4n) is 1.89. The summed E-state index contributed by atoms with van der Waals surface area (Å²) in [5.41, 5.74) is 1.66. The maximum atomic E-state index is 11.6. The van der Waals surface area contributed by atoms with Crippen LogP contribution in [0, 0.1) is 0 Å². The summed E-state index contributed by atoms with van der Waals surface area (Å²) < 4.78 is 5.18. The van der Waals surface area contributed by atoms with Crippen LogP contribution in [0.3, 0.4) is 0 Å². The summed E-state index contributed by atoms with van der Waals surface area (Å²) in [4.78, 5) is 18.7. The highest BCUT2D eigenvalue weighted by Gasteiger charge is 2.03. The third-order valence-corrected chi connectivity index (χ3v) is 2.71. The fourth-order valence-corrected chi connectivity index (χ4v) is 1.89. The van der Waals surface area contributed by atoms with Crippen LogP contribution in [-0.2, 0) is 13.0 Å². The quantitative estimate of drug-likeness (QED) is 0.843. The summed E-state index contributed by atoms with van der Waals surface area (Å²) in [6.07, 6.45) is 0.573. The monoisotopic (exact) mass is 259 g/mol. The lowest BCUT2D eigenvalue weighted by molar-refractivity contribution is 0.414. The van der Waals surface area contributed by atoms with Gasteiger partial charge >= 0.3 is 0 Å². The molecule has 0 bridgehead atoms. The summed E-state index contributed by atoms with van der Waals surface area (Å²) in [5.74, 6) is 1.46. The van der Waals surface area contributed by atoms with Crippen molar-refractivity contribution in [3.63, 3.8) is 0 Å². The van der Waals surface area contributed by atoms with Crippen LogP contribution in [0.1, 0.15) is 17.1 Å². The Hall–Kier alpha value is -2.14. The average molecular weight is 259 g/mol. The van der Waals surface area contributed by atoms with Crippen molar-refractivity contribution in [3.05, 3.63) is 57.8 Å². The van der Waals surface area contributed by atoms with Gasteiger partial charge in [-0.05, 0) is 24.7 Å². The smallest absolute Gasteiger partial charge is 0.251 e. The summed E-state index contributed by atoms with van der Waals surface area (Å²) in [5, 5.41) is 2.99. The molecule has 0 fully saturated rings. The van der Waals surface area contributed by atoms with Crippen molar-refractivity contribution in [3.8, 4) is 5.75 Å². The maximum Gasteiger partial charge on any atom is 0.251 e. The second-order valence-corrected chi connectivity index (χ2v) is 4.24. The molecule has 0 spiro atoms. The summed E-state index contributed by atoms with van der Waals surface area (Å²) in [7, 11) is 3.46. The highest BCUT2D eigenvalue weighted by Crippen LogP contribution is 2.14. The first-order chi connectivity index (χ1) is 9.21. The number of rotatable bonds is 5. The molecular formula is C14H17N3O2. The van der Waals surface area contributed by atoms with E-state index in [0.717, 1.165) is 17.0 Å². The molecule has 5 heteroatoms. The predicted molar refractivity (Wildman–Crippen MR) is 73.4 cm³/mol. The number of aromatic amines is 1. The zero-order valence-electron chi connectivity index (χ0n) is 11.1. The minimum Gasteiger partial charge on any atom is -0.497 e. The Morgan fingerprint density at radius 3 is 2.95 bits per heavy atom. The van der Waals surface area contributed by atoms with E-state index in [1.54, 1.807) is 7.11 Å². The number of hydrogen-bond donors (Lipinski definition) is 2. The highest BCUT2D eigenvalue weighted by atomic mass is 16.5. The zero-order chi connectivity index (χ0) is 13.7. The van der Waals surface area contributed by atoms with E-state index >= 15 is 0 Å². The van der Waals surface area contributed by atoms with E-state index in [4.69, 9.17) is 4.74 Å². The van der Waals surface area contributed by atoms with Gasteiger partial charge in [-0.1, -0.05) is 12.1 Å². The van der Waals surface area contributed by atoms with Gasteiger partial charge in [0, 0.05) is 19.0 Å². The van der Waals surface area contributed by atoms with Crippen molar-refractivity contribution in [2.75, 3.05) is 14.2 Å². The molecule has 2 N–H and O–H groups in total. The summed E-state index contributed by atoms with van der Waals surface area (Å²) in [6, 6.07) is 9.23. The maximum absolute atomic E-state index is 11.6. The lowest BCUT2D eigenvalue weighted by atomic mass is 10.1. The Morgan fingerprint density at radius 2 is 2.21 bits per heavy atom. The van der Waals surface area contributed by atoms with Crippen LogP contribution >= 0.6 is 0 Å². The largest absolute Gasteiger partial charge is 0.497 e. The first-order valence-corrected chi connectivity index (χ1v) is 6.08. The topological polar surface area (TPSA) is 67.0 Å². The van der Waals surface area contributed by atoms with Crippen LogP contribution in [0.25, 0.3) is 0 Å². The van der Waals surface area contributed by atoms with Gasteiger partial charge in [-0.2, -0.15) is 0 Å². The Kier molecular flexibility index (Phi) is 4.30. The summed E-state index contributed by atoms with van der Waals surface area (Å²) in [6.45, 7) is 0.578. The van der Waals surface area contributed by atoms with Gasteiger partial charge in [0.25, 0.3) is 5.56 Å². The molecule has 1 heterocycles. The lowest BCUT2D eigenvalue weighted by Gasteiger charge is -2.06. The first-order valence-electron chi connectivity index (χ1n) is 6.08. The molecule has 1 aromatic heterocycles. The van der Waals surface area contributed by atoms with Crippen molar-refractivity contribution in [2.24, 2.45) is 0 Å². The molecule has 100 valence electrons. The highest BCUT2D eigenvalue weighted by molar-refractivity contribution is 5.30. The molecule has 0 atom stereocenters. The first kappa shape index (κ1) is 13.3. The third kappa shape index (κ3) is 3.66. The summed E-state index contributed by atoms with van der Waals surface area (Å²) >= 11 is 0. The predicted octanol–water partition coefficient (Wildman–Crippen LogP) is 1.09. The van der Waals surface area contributed by atoms with Gasteiger partial charge in [0.05, 0.1) is 12.8 Å². The lowest BCUT2D eigenvalue weighted by Crippen LogP contribution is -2.16. The second kappa shape index (κ2) is 6.15. The second-order valence-electron chi connectivity index (χ2n) is 4.24. The van der Waals surface area contributed by atoms with E-state index in [1.807, 2.05) is 31.3 Å². The van der Waals surface area contributed by atoms with Crippen LogP contribution in [0.15, 0.2) is 35.1 Å². The molecule has 0 radical (unpaired) electrons. The van der Waals surface area contributed by atoms with Gasteiger partial charge in [-0.15, -0.1) is 0 Å². The standard InChI is InChI=1S/C14H17N3O2/c1-15-9-11-8-14(18)17-13(16-11)7-10-4-3-5-12(6-10)19-2/h3-6,8,15H,7,9H2,1-2H3,(H,16,17,18). The van der Waals surface area contributed by atoms with Gasteiger partial charge in [-0.25, -0.2) is 4.98 Å². The molecule has 0 saturated heterocycles. The molecule has 0 amide bonds. The third-order valence-electron chi connectivity index (χ3n) is 2.71. The van der Waals surface area contributed by atoms with Crippen LogP contribution < -0.4 is 15.6 Å². The molecule has 19 heavy (non-hydrogen) atoms. The van der Waals surface area contributed by atoms with E-state index in [9.17, 15) is 4.79 Å². The van der Waals surface area contributed by atoms with E-state index in [0.29, 0.717) is 18.8 Å². The molecule has 2 aromatic rings. The van der Waals surface area contributed by atoms with Crippen LogP contribution in [0.2, 0.25) is 0 Å². The van der Waals surface area contributed by atoms with E-state index in [1.165, 1.54) is 6.07 Å². The number of nitrogens with zero attached hydrogens (tertiary/aromatic N) is 1. The van der Waals surface area contributed by atoms with Gasteiger partial charge in [-0.3, -0.25) is 4.79 Å². The Labute approximate surface area is 111 Å². The number of nitrogens with one attached hydrogen (secondary N) is 2. The van der Waals surface area contributed by atoms with Gasteiger partial charge in [0.15, 0.2) is 0 Å². The zero-order valence-corrected chi connectivity index (χ0v) is 11.1. The fraction of sp³-hybridized carbons (Fsp3) is 0.286. The Morgan fingerprint density at radius 1 is 1.37 bits per heavy atom. The molecular weight excluding hydrogens is 242 g/mol. The number of ether oxygens (including phenoxy) is 1. The molecule has 0 aliphatic rings. The van der Waals surface area contributed by atoms with Crippen molar-refractivity contribution in [1.82, 2.24) is 15.3 Å². The molecule has 2 rings (SSSR count). The minimum atomic E-state index is -0.127. The van der Waals surface area contributed by atoms with Crippen LogP contribution in [0.4, 0.5) is 0 Å². The number of benzene rings is 1. The molecule has 1 aromatic carbocycles. The number of hydrogen-bond acceptors (Lipinski definition) is 4. The van der Waals surface area contributed by atoms with Crippen LogP contribution in [0.5, 0.6) is 5.75 Å². The van der Waals surface area contributed by atoms with Crippen molar-refractivity contribution < 1.29 is 4.74 Å². The van der Waals surface area contributed by atoms with Crippen molar-refractivity contribution in [1.29, 1.82) is 0 Å². The molecule has 0 aliphatic carbocycles. The SMILES string of the molecule is CNCc1cc(=O)[nH]c(Cc2cccc(OC)c2)n1. The number of aromatic nitrogens is 2. The molecule has 0 saturated carbocycles. The van der Waals surface area contributed by atoms with E-state index in [2.05, 4.69) is 15.3 Å². The average Bonchev–Trinajstić information content (AvgIpc) is 2.38. The Bertz CT molecular complexity index is 608. The van der Waals surface area contributed by atoms with Gasteiger partial charge < -0.3 is 15.0 Å².